The summed E-state index contributed by atoms with van der Waals surface area (Å²) in [5, 5.41) is 0. The molecule has 1 aromatic carbocycles. The lowest BCUT2D eigenvalue weighted by Gasteiger charge is -2.20. The summed E-state index contributed by atoms with van der Waals surface area (Å²) in [4.78, 5) is 13.6. The molecule has 0 bridgehead atoms. The molecule has 0 aliphatic carbocycles. The van der Waals surface area contributed by atoms with E-state index < -0.39 is 9.05 Å². The van der Waals surface area contributed by atoms with Crippen LogP contribution in [0, 0.1) is 5.92 Å². The lowest BCUT2D eigenvalue weighted by atomic mass is 10.1. The second-order valence-corrected chi connectivity index (χ2v) is 7.64. The SMILES string of the molecule is COc1ccc(OC)c(N2CC(CS(=O)(=O)Cl)CC2=O)c1. The van der Waals surface area contributed by atoms with Gasteiger partial charge in [-0.2, -0.15) is 0 Å². The first-order valence-corrected chi connectivity index (χ1v) is 8.76. The van der Waals surface area contributed by atoms with Gasteiger partial charge in [0.05, 0.1) is 25.7 Å². The summed E-state index contributed by atoms with van der Waals surface area (Å²) >= 11 is 0. The number of anilines is 1. The summed E-state index contributed by atoms with van der Waals surface area (Å²) in [6.45, 7) is 0.286. The Balaban J connectivity index is 2.28. The van der Waals surface area contributed by atoms with Crippen molar-refractivity contribution in [1.82, 2.24) is 0 Å². The molecule has 1 aliphatic heterocycles. The summed E-state index contributed by atoms with van der Waals surface area (Å²) in [6.07, 6.45) is 0.145. The second kappa shape index (κ2) is 6.11. The Labute approximate surface area is 128 Å². The van der Waals surface area contributed by atoms with Crippen molar-refractivity contribution in [3.63, 3.8) is 0 Å². The van der Waals surface area contributed by atoms with Crippen LogP contribution >= 0.6 is 10.7 Å². The lowest BCUT2D eigenvalue weighted by Crippen LogP contribution is -2.25. The topological polar surface area (TPSA) is 72.9 Å². The number of methoxy groups -OCH3 is 2. The Morgan fingerprint density at radius 1 is 1.33 bits per heavy atom. The maximum atomic E-state index is 12.1. The van der Waals surface area contributed by atoms with Crippen molar-refractivity contribution in [1.29, 1.82) is 0 Å². The quantitative estimate of drug-likeness (QED) is 0.766. The van der Waals surface area contributed by atoms with Crippen molar-refractivity contribution in [2.45, 2.75) is 6.42 Å². The third-order valence-electron chi connectivity index (χ3n) is 3.32. The highest BCUT2D eigenvalue weighted by Crippen LogP contribution is 2.36. The molecule has 0 spiro atoms. The number of rotatable bonds is 5. The van der Waals surface area contributed by atoms with Gasteiger partial charge in [-0.1, -0.05) is 0 Å². The highest BCUT2D eigenvalue weighted by molar-refractivity contribution is 8.13. The Bertz CT molecular complexity index is 646. The summed E-state index contributed by atoms with van der Waals surface area (Å²) in [5.41, 5.74) is 0.566. The first kappa shape index (κ1) is 15.9. The van der Waals surface area contributed by atoms with Gasteiger partial charge in [0, 0.05) is 35.6 Å². The fourth-order valence-corrected chi connectivity index (χ4v) is 3.74. The molecule has 2 rings (SSSR count). The van der Waals surface area contributed by atoms with Gasteiger partial charge in [-0.25, -0.2) is 8.42 Å². The van der Waals surface area contributed by atoms with Crippen LogP contribution in [0.4, 0.5) is 5.69 Å². The molecule has 8 heteroatoms. The summed E-state index contributed by atoms with van der Waals surface area (Å²) < 4.78 is 32.7. The van der Waals surface area contributed by atoms with Gasteiger partial charge in [0.1, 0.15) is 11.5 Å². The van der Waals surface area contributed by atoms with Gasteiger partial charge >= 0.3 is 0 Å². The van der Waals surface area contributed by atoms with E-state index in [0.29, 0.717) is 17.2 Å². The molecule has 116 valence electrons. The van der Waals surface area contributed by atoms with E-state index in [1.807, 2.05) is 0 Å². The number of hydrogen-bond donors (Lipinski definition) is 0. The van der Waals surface area contributed by atoms with Crippen LogP contribution in [-0.2, 0) is 13.8 Å². The minimum atomic E-state index is -3.63. The van der Waals surface area contributed by atoms with E-state index in [-0.39, 0.29) is 30.5 Å². The molecule has 1 unspecified atom stereocenters. The Kier molecular flexibility index (Phi) is 4.63. The lowest BCUT2D eigenvalue weighted by molar-refractivity contribution is -0.117. The summed E-state index contributed by atoms with van der Waals surface area (Å²) in [6, 6.07) is 5.12. The first-order chi connectivity index (χ1) is 9.84. The smallest absolute Gasteiger partial charge is 0.232 e. The van der Waals surface area contributed by atoms with Gasteiger partial charge in [0.25, 0.3) is 0 Å². The molecule has 0 saturated carbocycles. The standard InChI is InChI=1S/C13H16ClNO5S/c1-19-10-3-4-12(20-2)11(6-10)15-7-9(5-13(15)16)8-21(14,17)18/h3-4,6,9H,5,7-8H2,1-2H3. The number of benzene rings is 1. The number of halogens is 1. The molecule has 0 N–H and O–H groups in total. The zero-order valence-electron chi connectivity index (χ0n) is 11.7. The van der Waals surface area contributed by atoms with Crippen molar-refractivity contribution >= 4 is 31.3 Å². The van der Waals surface area contributed by atoms with Crippen molar-refractivity contribution in [2.24, 2.45) is 5.92 Å². The van der Waals surface area contributed by atoms with Gasteiger partial charge in [-0.05, 0) is 12.1 Å². The highest BCUT2D eigenvalue weighted by atomic mass is 35.7. The molecule has 1 aromatic rings. The zero-order chi connectivity index (χ0) is 15.6. The van der Waals surface area contributed by atoms with Gasteiger partial charge < -0.3 is 14.4 Å². The molecule has 21 heavy (non-hydrogen) atoms. The van der Waals surface area contributed by atoms with Crippen LogP contribution in [0.3, 0.4) is 0 Å². The minimum absolute atomic E-state index is 0.145. The average molecular weight is 334 g/mol. The van der Waals surface area contributed by atoms with E-state index in [0.717, 1.165) is 0 Å². The Morgan fingerprint density at radius 2 is 2.05 bits per heavy atom. The number of amides is 1. The Morgan fingerprint density at radius 3 is 2.62 bits per heavy atom. The molecule has 0 radical (unpaired) electrons. The molecule has 1 atom stereocenters. The maximum Gasteiger partial charge on any atom is 0.232 e. The van der Waals surface area contributed by atoms with Crippen LogP contribution in [0.1, 0.15) is 6.42 Å². The van der Waals surface area contributed by atoms with Crippen LogP contribution in [0.2, 0.25) is 0 Å². The molecule has 1 fully saturated rings. The molecule has 1 amide bonds. The van der Waals surface area contributed by atoms with Crippen molar-refractivity contribution in [3.05, 3.63) is 18.2 Å². The number of hydrogen-bond acceptors (Lipinski definition) is 5. The zero-order valence-corrected chi connectivity index (χ0v) is 13.3. The fraction of sp³-hybridized carbons (Fsp3) is 0.462. The number of carbonyl (C=O) groups is 1. The molecule has 1 aliphatic rings. The average Bonchev–Trinajstić information content (AvgIpc) is 2.76. The van der Waals surface area contributed by atoms with Crippen molar-refractivity contribution in [3.8, 4) is 11.5 Å². The van der Waals surface area contributed by atoms with Crippen LogP contribution < -0.4 is 14.4 Å². The maximum absolute atomic E-state index is 12.1. The van der Waals surface area contributed by atoms with E-state index in [2.05, 4.69) is 0 Å². The highest BCUT2D eigenvalue weighted by Gasteiger charge is 2.34. The third kappa shape index (κ3) is 3.79. The molecule has 1 heterocycles. The van der Waals surface area contributed by atoms with Crippen LogP contribution in [0.15, 0.2) is 18.2 Å². The largest absolute Gasteiger partial charge is 0.497 e. The van der Waals surface area contributed by atoms with Gasteiger partial charge in [-0.15, -0.1) is 0 Å². The first-order valence-electron chi connectivity index (χ1n) is 6.28. The summed E-state index contributed by atoms with van der Waals surface area (Å²) in [7, 11) is 4.67. The molecule has 1 saturated heterocycles. The molecule has 6 nitrogen and oxygen atoms in total. The number of nitrogens with zero attached hydrogens (tertiary/aromatic N) is 1. The number of ether oxygens (including phenoxy) is 2. The minimum Gasteiger partial charge on any atom is -0.497 e. The van der Waals surface area contributed by atoms with Crippen molar-refractivity contribution < 1.29 is 22.7 Å². The predicted molar refractivity (Wildman–Crippen MR) is 79.6 cm³/mol. The van der Waals surface area contributed by atoms with Crippen LogP contribution in [0.25, 0.3) is 0 Å². The van der Waals surface area contributed by atoms with Gasteiger partial charge in [-0.3, -0.25) is 4.79 Å². The van der Waals surface area contributed by atoms with Gasteiger partial charge in [0.2, 0.25) is 15.0 Å². The monoisotopic (exact) mass is 333 g/mol. The normalized spacial score (nSPS) is 18.9. The molecular formula is C13H16ClNO5S. The van der Waals surface area contributed by atoms with E-state index >= 15 is 0 Å². The van der Waals surface area contributed by atoms with E-state index in [1.54, 1.807) is 18.2 Å². The number of carbonyl (C=O) groups excluding carboxylic acids is 1. The second-order valence-electron chi connectivity index (χ2n) is 4.82. The van der Waals surface area contributed by atoms with Crippen molar-refractivity contribution in [2.75, 3.05) is 31.4 Å². The van der Waals surface area contributed by atoms with E-state index in [9.17, 15) is 13.2 Å². The van der Waals surface area contributed by atoms with Crippen LogP contribution in [-0.4, -0.2) is 40.8 Å². The Hall–Kier alpha value is -1.47. The third-order valence-corrected chi connectivity index (χ3v) is 4.56. The fourth-order valence-electron chi connectivity index (χ4n) is 2.42. The summed E-state index contributed by atoms with van der Waals surface area (Å²) in [5.74, 6) is 0.414. The predicted octanol–water partition coefficient (Wildman–Crippen LogP) is 1.63. The van der Waals surface area contributed by atoms with Crippen LogP contribution in [0.5, 0.6) is 11.5 Å². The van der Waals surface area contributed by atoms with E-state index in [1.165, 1.54) is 19.1 Å². The van der Waals surface area contributed by atoms with Gasteiger partial charge in [0.15, 0.2) is 0 Å². The molecule has 0 aromatic heterocycles. The van der Waals surface area contributed by atoms with E-state index in [4.69, 9.17) is 20.2 Å². The molecular weight excluding hydrogens is 318 g/mol.